The molecule has 6 heteroatoms. The molecule has 4 aromatic rings. The zero-order valence-electron chi connectivity index (χ0n) is 15.4. The minimum atomic E-state index is 0.588. The van der Waals surface area contributed by atoms with Gasteiger partial charge in [0.1, 0.15) is 17.9 Å². The number of ether oxygens (including phenoxy) is 1. The van der Waals surface area contributed by atoms with Crippen molar-refractivity contribution in [2.75, 3.05) is 18.6 Å². The predicted octanol–water partition coefficient (Wildman–Crippen LogP) is 3.83. The van der Waals surface area contributed by atoms with Crippen LogP contribution in [0.1, 0.15) is 12.5 Å². The first-order chi connectivity index (χ1) is 13.3. The molecule has 0 unspecified atom stereocenters. The van der Waals surface area contributed by atoms with Crippen LogP contribution in [0.15, 0.2) is 67.0 Å². The van der Waals surface area contributed by atoms with Gasteiger partial charge in [0.15, 0.2) is 0 Å². The van der Waals surface area contributed by atoms with Gasteiger partial charge in [-0.15, -0.1) is 0 Å². The molecule has 0 amide bonds. The topological polar surface area (TPSA) is 55.5 Å². The van der Waals surface area contributed by atoms with E-state index >= 15 is 0 Å². The van der Waals surface area contributed by atoms with Crippen molar-refractivity contribution in [2.45, 2.75) is 13.5 Å². The molecule has 0 bridgehead atoms. The van der Waals surface area contributed by atoms with Gasteiger partial charge in [-0.1, -0.05) is 30.3 Å². The molecule has 0 aliphatic rings. The second-order valence-electron chi connectivity index (χ2n) is 6.20. The van der Waals surface area contributed by atoms with E-state index in [4.69, 9.17) is 4.74 Å². The van der Waals surface area contributed by atoms with Crippen LogP contribution in [-0.2, 0) is 6.54 Å². The van der Waals surface area contributed by atoms with Crippen LogP contribution in [0.2, 0.25) is 0 Å². The molecule has 0 saturated carbocycles. The smallest absolute Gasteiger partial charge is 0.254 e. The van der Waals surface area contributed by atoms with Crippen molar-refractivity contribution >= 4 is 11.6 Å². The third-order valence-electron chi connectivity index (χ3n) is 4.54. The van der Waals surface area contributed by atoms with Crippen LogP contribution in [0.4, 0.5) is 5.82 Å². The highest BCUT2D eigenvalue weighted by Gasteiger charge is 2.15. The molecule has 136 valence electrons. The van der Waals surface area contributed by atoms with Crippen LogP contribution in [0.25, 0.3) is 17.0 Å². The molecule has 2 aromatic heterocycles. The summed E-state index contributed by atoms with van der Waals surface area (Å²) in [6.07, 6.45) is 1.54. The van der Waals surface area contributed by atoms with Crippen molar-refractivity contribution in [3.8, 4) is 17.0 Å². The number of anilines is 1. The third kappa shape index (κ3) is 3.46. The number of fused-ring (bicyclic) bond motifs is 1. The van der Waals surface area contributed by atoms with Crippen LogP contribution >= 0.6 is 0 Å². The molecular weight excluding hydrogens is 338 g/mol. The maximum Gasteiger partial charge on any atom is 0.254 e. The summed E-state index contributed by atoms with van der Waals surface area (Å²) in [5, 5.41) is 4.37. The lowest BCUT2D eigenvalue weighted by Crippen LogP contribution is -2.25. The first-order valence-corrected chi connectivity index (χ1v) is 8.92. The largest absolute Gasteiger partial charge is 0.497 e. The fraction of sp³-hybridized carbons (Fsp3) is 0.190. The molecule has 6 nitrogen and oxygen atoms in total. The van der Waals surface area contributed by atoms with E-state index in [0.29, 0.717) is 5.78 Å². The fourth-order valence-electron chi connectivity index (χ4n) is 3.09. The molecule has 0 aliphatic carbocycles. The third-order valence-corrected chi connectivity index (χ3v) is 4.54. The molecule has 27 heavy (non-hydrogen) atoms. The maximum absolute atomic E-state index is 5.25. The van der Waals surface area contributed by atoms with E-state index in [9.17, 15) is 0 Å². The Hall–Kier alpha value is -3.41. The van der Waals surface area contributed by atoms with Crippen molar-refractivity contribution in [3.05, 3.63) is 72.6 Å². The second kappa shape index (κ2) is 7.45. The van der Waals surface area contributed by atoms with Crippen LogP contribution < -0.4 is 9.64 Å². The van der Waals surface area contributed by atoms with E-state index in [-0.39, 0.29) is 0 Å². The Bertz CT molecular complexity index is 1030. The van der Waals surface area contributed by atoms with Crippen LogP contribution in [0, 0.1) is 0 Å². The van der Waals surface area contributed by atoms with Gasteiger partial charge >= 0.3 is 0 Å². The molecule has 0 fully saturated rings. The fourth-order valence-corrected chi connectivity index (χ4v) is 3.09. The van der Waals surface area contributed by atoms with E-state index in [1.54, 1.807) is 18.0 Å². The first kappa shape index (κ1) is 17.0. The number of hydrogen-bond acceptors (Lipinski definition) is 5. The Morgan fingerprint density at radius 3 is 2.52 bits per heavy atom. The Kier molecular flexibility index (Phi) is 4.70. The number of hydrogen-bond donors (Lipinski definition) is 0. The van der Waals surface area contributed by atoms with Crippen LogP contribution in [0.3, 0.4) is 0 Å². The lowest BCUT2D eigenvalue weighted by molar-refractivity contribution is 0.415. The van der Waals surface area contributed by atoms with E-state index in [1.165, 1.54) is 5.56 Å². The lowest BCUT2D eigenvalue weighted by Gasteiger charge is -2.24. The van der Waals surface area contributed by atoms with E-state index < -0.39 is 0 Å². The average molecular weight is 359 g/mol. The second-order valence-corrected chi connectivity index (χ2v) is 6.20. The monoisotopic (exact) mass is 359 g/mol. The molecule has 0 atom stereocenters. The van der Waals surface area contributed by atoms with Gasteiger partial charge in [0, 0.05) is 24.7 Å². The predicted molar refractivity (Wildman–Crippen MR) is 106 cm³/mol. The van der Waals surface area contributed by atoms with Gasteiger partial charge in [-0.25, -0.2) is 4.98 Å². The molecule has 2 heterocycles. The Labute approximate surface area is 158 Å². The summed E-state index contributed by atoms with van der Waals surface area (Å²) in [6, 6.07) is 20.4. The molecule has 0 N–H and O–H groups in total. The van der Waals surface area contributed by atoms with Gasteiger partial charge in [-0.2, -0.15) is 14.6 Å². The first-order valence-electron chi connectivity index (χ1n) is 8.92. The number of aromatic nitrogens is 4. The van der Waals surface area contributed by atoms with E-state index in [1.807, 2.05) is 30.3 Å². The summed E-state index contributed by atoms with van der Waals surface area (Å²) in [4.78, 5) is 11.2. The van der Waals surface area contributed by atoms with Gasteiger partial charge in [-0.3, -0.25) is 0 Å². The number of methoxy groups -OCH3 is 1. The molecule has 2 aromatic carbocycles. The standard InChI is InChI=1S/C21H21N5O/c1-3-25(14-16-7-5-4-6-8-16)20-13-19(24-21-22-15-23-26(20)21)17-9-11-18(27-2)12-10-17/h4-13,15H,3,14H2,1-2H3. The number of rotatable bonds is 6. The normalized spacial score (nSPS) is 10.9. The van der Waals surface area contributed by atoms with Crippen molar-refractivity contribution in [3.63, 3.8) is 0 Å². The summed E-state index contributed by atoms with van der Waals surface area (Å²) < 4.78 is 7.04. The summed E-state index contributed by atoms with van der Waals surface area (Å²) in [5.41, 5.74) is 3.12. The van der Waals surface area contributed by atoms with Gasteiger partial charge in [-0.05, 0) is 36.8 Å². The Morgan fingerprint density at radius 2 is 1.81 bits per heavy atom. The Balaban J connectivity index is 1.77. The van der Waals surface area contributed by atoms with Gasteiger partial charge < -0.3 is 9.64 Å². The molecule has 0 radical (unpaired) electrons. The summed E-state index contributed by atoms with van der Waals surface area (Å²) in [6.45, 7) is 3.77. The highest BCUT2D eigenvalue weighted by atomic mass is 16.5. The lowest BCUT2D eigenvalue weighted by atomic mass is 10.1. The molecule has 0 spiro atoms. The van der Waals surface area contributed by atoms with E-state index in [0.717, 1.165) is 35.9 Å². The molecular formula is C21H21N5O. The van der Waals surface area contributed by atoms with Crippen molar-refractivity contribution in [1.82, 2.24) is 19.6 Å². The van der Waals surface area contributed by atoms with Crippen molar-refractivity contribution in [1.29, 1.82) is 0 Å². The summed E-state index contributed by atoms with van der Waals surface area (Å²) in [7, 11) is 1.66. The van der Waals surface area contributed by atoms with Gasteiger partial charge in [0.05, 0.1) is 12.8 Å². The van der Waals surface area contributed by atoms with Gasteiger partial charge in [0.2, 0.25) is 0 Å². The maximum atomic E-state index is 5.25. The Morgan fingerprint density at radius 1 is 1.04 bits per heavy atom. The van der Waals surface area contributed by atoms with Gasteiger partial charge in [0.25, 0.3) is 5.78 Å². The highest BCUT2D eigenvalue weighted by Crippen LogP contribution is 2.26. The van der Waals surface area contributed by atoms with Crippen LogP contribution in [0.5, 0.6) is 5.75 Å². The number of nitrogens with zero attached hydrogens (tertiary/aromatic N) is 5. The zero-order valence-corrected chi connectivity index (χ0v) is 15.4. The number of benzene rings is 2. The van der Waals surface area contributed by atoms with Crippen molar-refractivity contribution in [2.24, 2.45) is 0 Å². The molecule has 0 saturated heterocycles. The van der Waals surface area contributed by atoms with Crippen LogP contribution in [-0.4, -0.2) is 33.2 Å². The van der Waals surface area contributed by atoms with Crippen molar-refractivity contribution < 1.29 is 4.74 Å². The average Bonchev–Trinajstić information content (AvgIpc) is 3.21. The minimum Gasteiger partial charge on any atom is -0.497 e. The summed E-state index contributed by atoms with van der Waals surface area (Å²) in [5.74, 6) is 2.38. The SMILES string of the molecule is CCN(Cc1ccccc1)c1cc(-c2ccc(OC)cc2)nc2ncnn12. The highest BCUT2D eigenvalue weighted by molar-refractivity contribution is 5.66. The quantitative estimate of drug-likeness (QED) is 0.524. The summed E-state index contributed by atoms with van der Waals surface area (Å²) >= 11 is 0. The zero-order chi connectivity index (χ0) is 18.6. The minimum absolute atomic E-state index is 0.588. The molecule has 4 rings (SSSR count). The molecule has 0 aliphatic heterocycles. The van der Waals surface area contributed by atoms with E-state index in [2.05, 4.69) is 57.2 Å².